The minimum Gasteiger partial charge on any atom is -0.504 e. The maximum absolute atomic E-state index is 13.9. The summed E-state index contributed by atoms with van der Waals surface area (Å²) < 4.78 is 0. The van der Waals surface area contributed by atoms with Gasteiger partial charge in [0.2, 0.25) is 5.78 Å². The quantitative estimate of drug-likeness (QED) is 0.140. The van der Waals surface area contributed by atoms with Gasteiger partial charge in [-0.1, -0.05) is 104 Å². The molecular weight excluding hydrogens is 452 g/mol. The topological polar surface area (TPSA) is 37.3 Å². The molecule has 37 heavy (non-hydrogen) atoms. The molecule has 3 unspecified atom stereocenters. The Morgan fingerprint density at radius 2 is 1.32 bits per heavy atom. The van der Waals surface area contributed by atoms with Gasteiger partial charge < -0.3 is 5.11 Å². The first-order valence-corrected chi connectivity index (χ1v) is 15.1. The van der Waals surface area contributed by atoms with Crippen molar-refractivity contribution in [2.45, 2.75) is 130 Å². The van der Waals surface area contributed by atoms with Crippen LogP contribution >= 0.6 is 0 Å². The Labute approximate surface area is 227 Å². The molecule has 3 atom stereocenters. The molecular formula is C35H52O2. The summed E-state index contributed by atoms with van der Waals surface area (Å²) in [5, 5.41) is 11.1. The molecule has 1 N–H and O–H groups in total. The molecule has 2 aromatic carbocycles. The van der Waals surface area contributed by atoms with E-state index in [1.807, 2.05) is 18.2 Å². The lowest BCUT2D eigenvalue weighted by molar-refractivity contribution is 0.0978. The molecule has 2 nitrogen and oxygen atoms in total. The fourth-order valence-corrected chi connectivity index (χ4v) is 6.10. The SMILES string of the molecule is CCCC(CC)c1ccc(C(=O)C(O)=Cc2cccc(CC)c2)c(C(CC)CCC)c1C(CC)CCC. The smallest absolute Gasteiger partial charge is 0.227 e. The molecule has 0 saturated carbocycles. The van der Waals surface area contributed by atoms with E-state index in [0.717, 1.165) is 63.4 Å². The van der Waals surface area contributed by atoms with Crippen molar-refractivity contribution in [1.82, 2.24) is 0 Å². The van der Waals surface area contributed by atoms with Crippen molar-refractivity contribution in [3.63, 3.8) is 0 Å². The molecule has 0 heterocycles. The van der Waals surface area contributed by atoms with Crippen LogP contribution in [0, 0.1) is 0 Å². The Morgan fingerprint density at radius 1 is 0.757 bits per heavy atom. The van der Waals surface area contributed by atoms with Gasteiger partial charge in [-0.25, -0.2) is 0 Å². The number of allylic oxidation sites excluding steroid dienone is 1. The van der Waals surface area contributed by atoms with Crippen LogP contribution in [-0.2, 0) is 6.42 Å². The number of carbonyl (C=O) groups is 1. The summed E-state index contributed by atoms with van der Waals surface area (Å²) in [6, 6.07) is 12.3. The van der Waals surface area contributed by atoms with Gasteiger partial charge in [0.15, 0.2) is 5.76 Å². The van der Waals surface area contributed by atoms with Crippen molar-refractivity contribution in [2.75, 3.05) is 0 Å². The molecule has 2 aromatic rings. The van der Waals surface area contributed by atoms with E-state index in [0.29, 0.717) is 23.3 Å². The van der Waals surface area contributed by atoms with Crippen molar-refractivity contribution >= 4 is 11.9 Å². The number of aryl methyl sites for hydroxylation is 1. The van der Waals surface area contributed by atoms with E-state index in [1.165, 1.54) is 28.7 Å². The van der Waals surface area contributed by atoms with Gasteiger partial charge in [0.05, 0.1) is 0 Å². The van der Waals surface area contributed by atoms with Gasteiger partial charge in [-0.3, -0.25) is 4.79 Å². The van der Waals surface area contributed by atoms with Gasteiger partial charge in [-0.2, -0.15) is 0 Å². The second kappa shape index (κ2) is 15.8. The van der Waals surface area contributed by atoms with Crippen LogP contribution in [-0.4, -0.2) is 10.9 Å². The molecule has 0 fully saturated rings. The number of hydrogen-bond acceptors (Lipinski definition) is 2. The van der Waals surface area contributed by atoms with Gasteiger partial charge >= 0.3 is 0 Å². The molecule has 0 aliphatic rings. The highest BCUT2D eigenvalue weighted by Crippen LogP contribution is 2.43. The second-order valence-corrected chi connectivity index (χ2v) is 10.7. The van der Waals surface area contributed by atoms with Gasteiger partial charge in [-0.05, 0) is 96.6 Å². The Hall–Kier alpha value is -2.35. The molecule has 0 amide bonds. The number of rotatable bonds is 16. The predicted octanol–water partition coefficient (Wildman–Crippen LogP) is 10.9. The summed E-state index contributed by atoms with van der Waals surface area (Å²) in [4.78, 5) is 13.9. The lowest BCUT2D eigenvalue weighted by Gasteiger charge is -2.31. The monoisotopic (exact) mass is 504 g/mol. The van der Waals surface area contributed by atoms with E-state index in [9.17, 15) is 9.90 Å². The Kier molecular flexibility index (Phi) is 13.2. The lowest BCUT2D eigenvalue weighted by Crippen LogP contribution is -2.18. The van der Waals surface area contributed by atoms with Crippen LogP contribution in [0.15, 0.2) is 42.2 Å². The Balaban J connectivity index is 2.81. The largest absolute Gasteiger partial charge is 0.504 e. The highest BCUT2D eigenvalue weighted by molar-refractivity contribution is 6.10. The fraction of sp³-hybridized carbons (Fsp3) is 0.571. The first kappa shape index (κ1) is 30.9. The highest BCUT2D eigenvalue weighted by Gasteiger charge is 2.30. The van der Waals surface area contributed by atoms with Crippen molar-refractivity contribution in [1.29, 1.82) is 0 Å². The maximum atomic E-state index is 13.9. The second-order valence-electron chi connectivity index (χ2n) is 10.7. The average molecular weight is 505 g/mol. The number of benzene rings is 2. The zero-order valence-electron chi connectivity index (χ0n) is 24.7. The van der Waals surface area contributed by atoms with Gasteiger partial charge in [0, 0.05) is 5.56 Å². The number of ketones is 1. The molecule has 0 radical (unpaired) electrons. The molecule has 0 spiro atoms. The van der Waals surface area contributed by atoms with E-state index in [1.54, 1.807) is 6.08 Å². The van der Waals surface area contributed by atoms with E-state index >= 15 is 0 Å². The van der Waals surface area contributed by atoms with Crippen LogP contribution in [0.25, 0.3) is 6.08 Å². The van der Waals surface area contributed by atoms with Crippen LogP contribution in [0.3, 0.4) is 0 Å². The van der Waals surface area contributed by atoms with Crippen molar-refractivity contribution < 1.29 is 9.90 Å². The van der Waals surface area contributed by atoms with Crippen molar-refractivity contribution in [2.24, 2.45) is 0 Å². The predicted molar refractivity (Wildman–Crippen MR) is 161 cm³/mol. The molecule has 2 heteroatoms. The average Bonchev–Trinajstić information content (AvgIpc) is 2.92. The van der Waals surface area contributed by atoms with Crippen LogP contribution in [0.1, 0.15) is 162 Å². The first-order chi connectivity index (χ1) is 17.9. The third-order valence-electron chi connectivity index (χ3n) is 8.11. The number of aliphatic hydroxyl groups is 1. The zero-order valence-corrected chi connectivity index (χ0v) is 24.7. The maximum Gasteiger partial charge on any atom is 0.227 e. The third-order valence-corrected chi connectivity index (χ3v) is 8.11. The summed E-state index contributed by atoms with van der Waals surface area (Å²) >= 11 is 0. The Morgan fingerprint density at radius 3 is 1.86 bits per heavy atom. The first-order valence-electron chi connectivity index (χ1n) is 15.1. The minimum atomic E-state index is -0.242. The van der Waals surface area contributed by atoms with Crippen molar-refractivity contribution in [3.05, 3.63) is 75.5 Å². The van der Waals surface area contributed by atoms with E-state index < -0.39 is 0 Å². The number of aliphatic hydroxyl groups excluding tert-OH is 1. The summed E-state index contributed by atoms with van der Waals surface area (Å²) in [5.41, 5.74) is 6.88. The van der Waals surface area contributed by atoms with Gasteiger partial charge in [-0.15, -0.1) is 0 Å². The molecule has 0 aromatic heterocycles. The molecule has 0 aliphatic heterocycles. The van der Waals surface area contributed by atoms with Crippen LogP contribution in [0.4, 0.5) is 0 Å². The highest BCUT2D eigenvalue weighted by atomic mass is 16.3. The standard InChI is InChI=1S/C35H52O2/c1-8-16-27(12-5)30-21-22-31(35(37)32(36)24-26-20-15-19-25(11-4)23-26)34(29(14-7)18-10-3)33(30)28(13-6)17-9-2/h15,19-24,27-29,36H,8-14,16-18H2,1-7H3. The van der Waals surface area contributed by atoms with E-state index in [4.69, 9.17) is 0 Å². The Bertz CT molecular complexity index is 1020. The van der Waals surface area contributed by atoms with E-state index in [-0.39, 0.29) is 11.5 Å². The molecule has 2 rings (SSSR count). The number of hydrogen-bond donors (Lipinski definition) is 1. The van der Waals surface area contributed by atoms with Gasteiger partial charge in [0.25, 0.3) is 0 Å². The number of carbonyl (C=O) groups excluding carboxylic acids is 1. The normalized spacial score (nSPS) is 14.4. The van der Waals surface area contributed by atoms with Gasteiger partial charge in [0.1, 0.15) is 0 Å². The molecule has 0 saturated heterocycles. The van der Waals surface area contributed by atoms with Crippen molar-refractivity contribution in [3.8, 4) is 0 Å². The summed E-state index contributed by atoms with van der Waals surface area (Å²) in [7, 11) is 0. The number of Topliss-reactive ketones (excluding diaryl/α,β-unsaturated/α-hetero) is 1. The molecule has 0 bridgehead atoms. The summed E-state index contributed by atoms with van der Waals surface area (Å²) in [5.74, 6) is 0.860. The fourth-order valence-electron chi connectivity index (χ4n) is 6.10. The van der Waals surface area contributed by atoms with Crippen LogP contribution < -0.4 is 0 Å². The minimum absolute atomic E-state index is 0.163. The summed E-state index contributed by atoms with van der Waals surface area (Å²) in [6.07, 6.45) is 12.5. The summed E-state index contributed by atoms with van der Waals surface area (Å²) in [6.45, 7) is 15.7. The molecule has 0 aliphatic carbocycles. The van der Waals surface area contributed by atoms with E-state index in [2.05, 4.69) is 66.7 Å². The van der Waals surface area contributed by atoms with Crippen LogP contribution in [0.2, 0.25) is 0 Å². The lowest BCUT2D eigenvalue weighted by atomic mass is 9.73. The molecule has 204 valence electrons. The van der Waals surface area contributed by atoms with Crippen LogP contribution in [0.5, 0.6) is 0 Å². The third kappa shape index (κ3) is 7.82. The zero-order chi connectivity index (χ0) is 27.4.